The smallest absolute Gasteiger partial charge is 0.224 e. The molecule has 0 bridgehead atoms. The van der Waals surface area contributed by atoms with Crippen LogP contribution in [0.15, 0.2) is 53.0 Å². The van der Waals surface area contributed by atoms with E-state index >= 15 is 0 Å². The van der Waals surface area contributed by atoms with Crippen molar-refractivity contribution in [2.75, 3.05) is 0 Å². The zero-order chi connectivity index (χ0) is 20.3. The average molecular weight is 465 g/mol. The first kappa shape index (κ1) is 21.0. The van der Waals surface area contributed by atoms with Gasteiger partial charge in [-0.15, -0.1) is 0 Å². The van der Waals surface area contributed by atoms with Crippen LogP contribution in [0.2, 0.25) is 0 Å². The average Bonchev–Trinajstić information content (AvgIpc) is 3.40. The van der Waals surface area contributed by atoms with Crippen LogP contribution in [-0.4, -0.2) is 20.4 Å². The lowest BCUT2D eigenvalue weighted by Gasteiger charge is -2.13. The van der Waals surface area contributed by atoms with Crippen molar-refractivity contribution < 1.29 is 13.2 Å². The SMILES string of the molecule is CC(C)NS(=O)(=O)Cc1ccccc1CNC(=O)C1CC1c1cccc(Br)c1. The van der Waals surface area contributed by atoms with Gasteiger partial charge in [0.05, 0.1) is 5.75 Å². The van der Waals surface area contributed by atoms with E-state index in [0.717, 1.165) is 16.5 Å². The van der Waals surface area contributed by atoms with E-state index < -0.39 is 10.0 Å². The second kappa shape index (κ2) is 8.76. The van der Waals surface area contributed by atoms with E-state index in [4.69, 9.17) is 0 Å². The number of hydrogen-bond acceptors (Lipinski definition) is 3. The highest BCUT2D eigenvalue weighted by atomic mass is 79.9. The molecule has 0 saturated heterocycles. The molecule has 0 spiro atoms. The van der Waals surface area contributed by atoms with Crippen molar-refractivity contribution in [1.82, 2.24) is 10.0 Å². The molecule has 28 heavy (non-hydrogen) atoms. The van der Waals surface area contributed by atoms with Crippen molar-refractivity contribution in [3.63, 3.8) is 0 Å². The molecule has 2 N–H and O–H groups in total. The summed E-state index contributed by atoms with van der Waals surface area (Å²) in [6.45, 7) is 3.91. The van der Waals surface area contributed by atoms with Gasteiger partial charge in [-0.05, 0) is 55.0 Å². The summed E-state index contributed by atoms with van der Waals surface area (Å²) in [5, 5.41) is 2.98. The molecule has 5 nitrogen and oxygen atoms in total. The first-order valence-corrected chi connectivity index (χ1v) is 11.8. The van der Waals surface area contributed by atoms with Crippen molar-refractivity contribution in [2.45, 2.75) is 44.5 Å². The van der Waals surface area contributed by atoms with E-state index in [0.29, 0.717) is 12.1 Å². The van der Waals surface area contributed by atoms with E-state index in [1.807, 2.05) is 36.4 Å². The van der Waals surface area contributed by atoms with Crippen molar-refractivity contribution >= 4 is 31.9 Å². The Morgan fingerprint density at radius 1 is 1.14 bits per heavy atom. The van der Waals surface area contributed by atoms with Crippen LogP contribution in [0, 0.1) is 5.92 Å². The van der Waals surface area contributed by atoms with Crippen molar-refractivity contribution in [3.8, 4) is 0 Å². The fourth-order valence-electron chi connectivity index (χ4n) is 3.38. The molecule has 1 saturated carbocycles. The monoisotopic (exact) mass is 464 g/mol. The largest absolute Gasteiger partial charge is 0.352 e. The minimum Gasteiger partial charge on any atom is -0.352 e. The van der Waals surface area contributed by atoms with Crippen LogP contribution in [0.4, 0.5) is 0 Å². The molecule has 0 aliphatic heterocycles. The predicted octanol–water partition coefficient (Wildman–Crippen LogP) is 3.70. The molecule has 2 atom stereocenters. The van der Waals surface area contributed by atoms with Gasteiger partial charge in [0.15, 0.2) is 0 Å². The molecule has 1 aliphatic carbocycles. The molecule has 2 aromatic rings. The number of benzene rings is 2. The number of carbonyl (C=O) groups excluding carboxylic acids is 1. The third-order valence-electron chi connectivity index (χ3n) is 4.74. The van der Waals surface area contributed by atoms with Gasteiger partial charge in [-0.25, -0.2) is 13.1 Å². The molecule has 2 aromatic carbocycles. The number of hydrogen-bond donors (Lipinski definition) is 2. The van der Waals surface area contributed by atoms with Crippen LogP contribution in [0.3, 0.4) is 0 Å². The first-order chi connectivity index (χ1) is 13.2. The third kappa shape index (κ3) is 5.65. The van der Waals surface area contributed by atoms with Gasteiger partial charge in [0.25, 0.3) is 0 Å². The number of rotatable bonds is 8. The summed E-state index contributed by atoms with van der Waals surface area (Å²) in [6.07, 6.45) is 0.844. The van der Waals surface area contributed by atoms with E-state index in [1.165, 1.54) is 5.56 Å². The van der Waals surface area contributed by atoms with Crippen LogP contribution < -0.4 is 10.0 Å². The van der Waals surface area contributed by atoms with Crippen LogP contribution in [0.1, 0.15) is 42.9 Å². The van der Waals surface area contributed by atoms with E-state index in [9.17, 15) is 13.2 Å². The fourth-order valence-corrected chi connectivity index (χ4v) is 5.29. The number of amides is 1. The summed E-state index contributed by atoms with van der Waals surface area (Å²) >= 11 is 3.47. The summed E-state index contributed by atoms with van der Waals surface area (Å²) in [7, 11) is -3.41. The lowest BCUT2D eigenvalue weighted by molar-refractivity contribution is -0.122. The van der Waals surface area contributed by atoms with Gasteiger partial charge in [-0.3, -0.25) is 4.79 Å². The Bertz CT molecular complexity index is 960. The first-order valence-electron chi connectivity index (χ1n) is 9.35. The summed E-state index contributed by atoms with van der Waals surface area (Å²) in [4.78, 5) is 12.5. The van der Waals surface area contributed by atoms with Gasteiger partial charge in [0, 0.05) is 23.0 Å². The minimum absolute atomic E-state index is 0.0166. The summed E-state index contributed by atoms with van der Waals surface area (Å²) < 4.78 is 28.1. The van der Waals surface area contributed by atoms with Crippen molar-refractivity contribution in [1.29, 1.82) is 0 Å². The fraction of sp³-hybridized carbons (Fsp3) is 0.381. The van der Waals surface area contributed by atoms with Gasteiger partial charge in [-0.1, -0.05) is 52.3 Å². The van der Waals surface area contributed by atoms with Crippen LogP contribution in [-0.2, 0) is 27.1 Å². The van der Waals surface area contributed by atoms with E-state index in [2.05, 4.69) is 32.0 Å². The number of sulfonamides is 1. The molecule has 1 fully saturated rings. The van der Waals surface area contributed by atoms with Crippen LogP contribution in [0.25, 0.3) is 0 Å². The van der Waals surface area contributed by atoms with E-state index in [1.54, 1.807) is 19.9 Å². The van der Waals surface area contributed by atoms with Gasteiger partial charge >= 0.3 is 0 Å². The van der Waals surface area contributed by atoms with Crippen LogP contribution in [0.5, 0.6) is 0 Å². The molecule has 0 heterocycles. The molecule has 2 unspecified atom stereocenters. The zero-order valence-electron chi connectivity index (χ0n) is 16.0. The van der Waals surface area contributed by atoms with Crippen molar-refractivity contribution in [3.05, 3.63) is 69.7 Å². The lowest BCUT2D eigenvalue weighted by atomic mass is 10.1. The van der Waals surface area contributed by atoms with Gasteiger partial charge in [0.2, 0.25) is 15.9 Å². The maximum atomic E-state index is 12.5. The second-order valence-electron chi connectivity index (χ2n) is 7.52. The Morgan fingerprint density at radius 2 is 1.86 bits per heavy atom. The maximum Gasteiger partial charge on any atom is 0.224 e. The zero-order valence-corrected chi connectivity index (χ0v) is 18.4. The highest BCUT2D eigenvalue weighted by Crippen LogP contribution is 2.48. The molecule has 3 rings (SSSR count). The Morgan fingerprint density at radius 3 is 2.54 bits per heavy atom. The Kier molecular flexibility index (Phi) is 6.58. The number of halogens is 1. The summed E-state index contributed by atoms with van der Waals surface area (Å²) in [6, 6.07) is 15.2. The third-order valence-corrected chi connectivity index (χ3v) is 6.75. The molecular formula is C21H25BrN2O3S. The molecule has 7 heteroatoms. The van der Waals surface area contributed by atoms with Crippen LogP contribution >= 0.6 is 15.9 Å². The predicted molar refractivity (Wildman–Crippen MR) is 114 cm³/mol. The maximum absolute atomic E-state index is 12.5. The topological polar surface area (TPSA) is 75.3 Å². The Hall–Kier alpha value is -1.70. The van der Waals surface area contributed by atoms with Gasteiger partial charge in [-0.2, -0.15) is 0 Å². The molecular weight excluding hydrogens is 440 g/mol. The van der Waals surface area contributed by atoms with Gasteiger partial charge < -0.3 is 5.32 Å². The molecule has 0 radical (unpaired) electrons. The number of nitrogens with one attached hydrogen (secondary N) is 2. The highest BCUT2D eigenvalue weighted by molar-refractivity contribution is 9.10. The van der Waals surface area contributed by atoms with Gasteiger partial charge in [0.1, 0.15) is 0 Å². The molecule has 1 aliphatic rings. The standard InChI is InChI=1S/C21H25BrN2O3S/c1-14(2)24-28(26,27)13-17-7-4-3-6-16(17)12-23-21(25)20-11-19(20)15-8-5-9-18(22)10-15/h3-10,14,19-20,24H,11-13H2,1-2H3,(H,23,25). The lowest BCUT2D eigenvalue weighted by Crippen LogP contribution is -2.32. The second-order valence-corrected chi connectivity index (χ2v) is 10.2. The van der Waals surface area contributed by atoms with E-state index in [-0.39, 0.29) is 29.5 Å². The Balaban J connectivity index is 1.60. The minimum atomic E-state index is -3.41. The Labute approximate surface area is 175 Å². The summed E-state index contributed by atoms with van der Waals surface area (Å²) in [5.74, 6) is 0.153. The molecule has 150 valence electrons. The van der Waals surface area contributed by atoms with Crippen molar-refractivity contribution in [2.24, 2.45) is 5.92 Å². The quantitative estimate of drug-likeness (QED) is 0.625. The summed E-state index contributed by atoms with van der Waals surface area (Å²) in [5.41, 5.74) is 2.70. The molecule has 1 amide bonds. The number of carbonyl (C=O) groups is 1. The molecule has 0 aromatic heterocycles. The highest BCUT2D eigenvalue weighted by Gasteiger charge is 2.43. The normalized spacial score (nSPS) is 18.9.